The molecule has 1 unspecified atom stereocenters. The van der Waals surface area contributed by atoms with Crippen molar-refractivity contribution in [2.75, 3.05) is 16.0 Å². The van der Waals surface area contributed by atoms with Crippen LogP contribution in [0.15, 0.2) is 30.3 Å². The molecular formula is C19H11Cl2F6N3O3. The van der Waals surface area contributed by atoms with Crippen molar-refractivity contribution in [1.29, 1.82) is 0 Å². The summed E-state index contributed by atoms with van der Waals surface area (Å²) in [6.07, 6.45) is -5.17. The number of carbonyl (C=O) groups is 3. The van der Waals surface area contributed by atoms with Gasteiger partial charge in [0.25, 0.3) is 5.91 Å². The lowest BCUT2D eigenvalue weighted by molar-refractivity contribution is -0.167. The monoisotopic (exact) mass is 513 g/mol. The molecule has 0 saturated heterocycles. The fourth-order valence-corrected chi connectivity index (χ4v) is 3.13. The molecule has 33 heavy (non-hydrogen) atoms. The minimum absolute atomic E-state index is 0.0275. The van der Waals surface area contributed by atoms with E-state index in [1.165, 1.54) is 5.32 Å². The summed E-state index contributed by atoms with van der Waals surface area (Å²) in [6.45, 7) is 0. The van der Waals surface area contributed by atoms with Gasteiger partial charge in [0.1, 0.15) is 21.8 Å². The molecule has 0 aliphatic heterocycles. The third-order valence-electron chi connectivity index (χ3n) is 4.43. The summed E-state index contributed by atoms with van der Waals surface area (Å²) >= 11 is 11.6. The molecule has 1 aliphatic rings. The number of carbonyl (C=O) groups excluding carboxylic acids is 3. The Balaban J connectivity index is 1.80. The minimum atomic E-state index is -5.36. The molecule has 176 valence electrons. The SMILES string of the molecule is O=C(Nc1cc(NC(=O)C(F)(F)F)c(F)cc1F)c1cc(NC(=O)C2CC2(Cl)Cl)ccc1F. The first kappa shape index (κ1) is 24.6. The van der Waals surface area contributed by atoms with Gasteiger partial charge in [-0.15, -0.1) is 23.2 Å². The second-order valence-electron chi connectivity index (χ2n) is 6.92. The van der Waals surface area contributed by atoms with Crippen LogP contribution < -0.4 is 16.0 Å². The van der Waals surface area contributed by atoms with Crippen molar-refractivity contribution in [1.82, 2.24) is 0 Å². The van der Waals surface area contributed by atoms with E-state index in [1.54, 1.807) is 0 Å². The highest BCUT2D eigenvalue weighted by atomic mass is 35.5. The zero-order valence-corrected chi connectivity index (χ0v) is 17.4. The molecule has 1 aliphatic carbocycles. The van der Waals surface area contributed by atoms with Crippen LogP contribution in [0.4, 0.5) is 43.4 Å². The van der Waals surface area contributed by atoms with Gasteiger partial charge in [-0.2, -0.15) is 13.2 Å². The van der Waals surface area contributed by atoms with Crippen molar-refractivity contribution < 1.29 is 40.7 Å². The molecule has 0 spiro atoms. The zero-order valence-electron chi connectivity index (χ0n) is 15.9. The quantitative estimate of drug-likeness (QED) is 0.388. The van der Waals surface area contributed by atoms with E-state index in [9.17, 15) is 40.7 Å². The van der Waals surface area contributed by atoms with Crippen molar-refractivity contribution in [2.45, 2.75) is 16.9 Å². The van der Waals surface area contributed by atoms with Crippen LogP contribution in [0.3, 0.4) is 0 Å². The summed E-state index contributed by atoms with van der Waals surface area (Å²) in [5, 5.41) is 5.44. The summed E-state index contributed by atoms with van der Waals surface area (Å²) in [6, 6.07) is 3.36. The van der Waals surface area contributed by atoms with E-state index in [0.717, 1.165) is 18.2 Å². The van der Waals surface area contributed by atoms with Crippen LogP contribution in [0.2, 0.25) is 0 Å². The molecule has 1 saturated carbocycles. The van der Waals surface area contributed by atoms with Crippen LogP contribution in [0.5, 0.6) is 0 Å². The number of rotatable bonds is 5. The molecule has 3 rings (SSSR count). The highest BCUT2D eigenvalue weighted by Crippen LogP contribution is 2.53. The number of amides is 3. The molecule has 2 aromatic carbocycles. The fourth-order valence-electron chi connectivity index (χ4n) is 2.63. The predicted octanol–water partition coefficient (Wildman–Crippen LogP) is 4.99. The molecule has 1 fully saturated rings. The van der Waals surface area contributed by atoms with Gasteiger partial charge < -0.3 is 16.0 Å². The topological polar surface area (TPSA) is 87.3 Å². The summed E-state index contributed by atoms with van der Waals surface area (Å²) in [5.74, 6) is -9.17. The van der Waals surface area contributed by atoms with Crippen LogP contribution in [0.1, 0.15) is 16.8 Å². The van der Waals surface area contributed by atoms with Crippen molar-refractivity contribution in [3.63, 3.8) is 0 Å². The smallest absolute Gasteiger partial charge is 0.326 e. The number of hydrogen-bond acceptors (Lipinski definition) is 3. The van der Waals surface area contributed by atoms with E-state index in [0.29, 0.717) is 6.07 Å². The number of anilines is 3. The van der Waals surface area contributed by atoms with Crippen molar-refractivity contribution >= 4 is 58.0 Å². The Morgan fingerprint density at radius 1 is 0.879 bits per heavy atom. The maximum Gasteiger partial charge on any atom is 0.471 e. The highest BCUT2D eigenvalue weighted by molar-refractivity contribution is 6.52. The Labute approximate surface area is 191 Å². The van der Waals surface area contributed by atoms with Gasteiger partial charge in [-0.1, -0.05) is 0 Å². The highest BCUT2D eigenvalue weighted by Gasteiger charge is 2.56. The lowest BCUT2D eigenvalue weighted by Crippen LogP contribution is -2.30. The first-order chi connectivity index (χ1) is 15.2. The summed E-state index contributed by atoms with van der Waals surface area (Å²) in [7, 11) is 0. The second kappa shape index (κ2) is 8.75. The van der Waals surface area contributed by atoms with Crippen LogP contribution in [-0.2, 0) is 9.59 Å². The number of hydrogen-bond donors (Lipinski definition) is 3. The third kappa shape index (κ3) is 5.69. The van der Waals surface area contributed by atoms with Crippen LogP contribution in [0.25, 0.3) is 0 Å². The number of nitrogens with one attached hydrogen (secondary N) is 3. The van der Waals surface area contributed by atoms with E-state index in [4.69, 9.17) is 23.2 Å². The fraction of sp³-hybridized carbons (Fsp3) is 0.211. The van der Waals surface area contributed by atoms with Gasteiger partial charge >= 0.3 is 12.1 Å². The molecule has 0 radical (unpaired) electrons. The molecular weight excluding hydrogens is 503 g/mol. The van der Waals surface area contributed by atoms with E-state index in [1.807, 2.05) is 5.32 Å². The Kier molecular flexibility index (Phi) is 6.53. The lowest BCUT2D eigenvalue weighted by atomic mass is 10.1. The summed E-state index contributed by atoms with van der Waals surface area (Å²) < 4.78 is 77.8. The van der Waals surface area contributed by atoms with E-state index in [2.05, 4.69) is 5.32 Å². The molecule has 3 amide bonds. The first-order valence-corrected chi connectivity index (χ1v) is 9.61. The van der Waals surface area contributed by atoms with Gasteiger partial charge in [0.05, 0.1) is 22.9 Å². The molecule has 1 atom stereocenters. The van der Waals surface area contributed by atoms with Gasteiger partial charge in [-0.05, 0) is 30.7 Å². The molecule has 3 N–H and O–H groups in total. The second-order valence-corrected chi connectivity index (χ2v) is 8.46. The summed E-state index contributed by atoms with van der Waals surface area (Å²) in [4.78, 5) is 35.5. The van der Waals surface area contributed by atoms with Crippen molar-refractivity contribution in [3.8, 4) is 0 Å². The molecule has 0 aromatic heterocycles. The summed E-state index contributed by atoms with van der Waals surface area (Å²) in [5.41, 5.74) is -2.64. The van der Waals surface area contributed by atoms with E-state index < -0.39 is 68.5 Å². The van der Waals surface area contributed by atoms with Crippen molar-refractivity contribution in [2.24, 2.45) is 5.92 Å². The normalized spacial score (nSPS) is 16.7. The first-order valence-electron chi connectivity index (χ1n) is 8.86. The number of benzene rings is 2. The lowest BCUT2D eigenvalue weighted by Gasteiger charge is -2.13. The standard InChI is InChI=1S/C19H11Cl2F6N3O3/c20-18(21)6-9(18)16(32)28-7-1-2-10(22)8(3-7)15(31)29-13-5-14(12(24)4-11(13)23)30-17(33)19(25,26)27/h1-5,9H,6H2,(H,28,32)(H,29,31)(H,30,33). The van der Waals surface area contributed by atoms with Crippen LogP contribution in [-0.4, -0.2) is 28.2 Å². The Hall–Kier alpha value is -2.99. The van der Waals surface area contributed by atoms with Gasteiger partial charge in [0.2, 0.25) is 5.91 Å². The van der Waals surface area contributed by atoms with Crippen LogP contribution >= 0.6 is 23.2 Å². The number of halogens is 8. The molecule has 14 heteroatoms. The molecule has 2 aromatic rings. The Morgan fingerprint density at radius 3 is 2.00 bits per heavy atom. The van der Waals surface area contributed by atoms with Gasteiger partial charge in [0, 0.05) is 11.8 Å². The van der Waals surface area contributed by atoms with Gasteiger partial charge in [-0.25, -0.2) is 13.2 Å². The van der Waals surface area contributed by atoms with Crippen LogP contribution in [0, 0.1) is 23.4 Å². The molecule has 0 heterocycles. The molecule has 6 nitrogen and oxygen atoms in total. The zero-order chi connectivity index (χ0) is 24.7. The average Bonchev–Trinajstić information content (AvgIpc) is 3.34. The Bertz CT molecular complexity index is 1160. The number of alkyl halides is 5. The minimum Gasteiger partial charge on any atom is -0.326 e. The van der Waals surface area contributed by atoms with E-state index in [-0.39, 0.29) is 18.2 Å². The van der Waals surface area contributed by atoms with Gasteiger partial charge in [0.15, 0.2) is 0 Å². The maximum atomic E-state index is 14.1. The van der Waals surface area contributed by atoms with Crippen molar-refractivity contribution in [3.05, 3.63) is 53.3 Å². The van der Waals surface area contributed by atoms with Gasteiger partial charge in [-0.3, -0.25) is 14.4 Å². The predicted molar refractivity (Wildman–Crippen MR) is 107 cm³/mol. The largest absolute Gasteiger partial charge is 0.471 e. The average molecular weight is 514 g/mol. The Morgan fingerprint density at radius 2 is 1.45 bits per heavy atom. The molecule has 0 bridgehead atoms. The van der Waals surface area contributed by atoms with E-state index >= 15 is 0 Å². The third-order valence-corrected chi connectivity index (χ3v) is 5.27. The maximum absolute atomic E-state index is 14.1.